The maximum atomic E-state index is 12.2. The van der Waals surface area contributed by atoms with Crippen LogP contribution in [0.3, 0.4) is 0 Å². The Morgan fingerprint density at radius 1 is 1.06 bits per heavy atom. The minimum Gasteiger partial charge on any atom is -0.455 e. The lowest BCUT2D eigenvalue weighted by atomic mass is 10.2. The largest absolute Gasteiger partial charge is 0.455 e. The van der Waals surface area contributed by atoms with Gasteiger partial charge in [0, 0.05) is 17.3 Å². The maximum Gasteiger partial charge on any atom is 0.316 e. The molecule has 1 aromatic heterocycles. The molecule has 0 spiro atoms. The monoisotopic (exact) mass is 438 g/mol. The van der Waals surface area contributed by atoms with Crippen molar-refractivity contribution in [3.8, 4) is 17.1 Å². The number of rotatable bonds is 10. The highest BCUT2D eigenvalue weighted by molar-refractivity contribution is 7.99. The summed E-state index contributed by atoms with van der Waals surface area (Å²) in [6.45, 7) is 3.70. The van der Waals surface area contributed by atoms with Crippen molar-refractivity contribution in [3.05, 3.63) is 60.7 Å². The molecule has 1 heterocycles. The van der Waals surface area contributed by atoms with Gasteiger partial charge in [-0.15, -0.1) is 10.2 Å². The van der Waals surface area contributed by atoms with Crippen LogP contribution < -0.4 is 5.32 Å². The summed E-state index contributed by atoms with van der Waals surface area (Å²) in [5.74, 6) is -0.0605. The summed E-state index contributed by atoms with van der Waals surface area (Å²) >= 11 is 1.22. The summed E-state index contributed by atoms with van der Waals surface area (Å²) < 4.78 is 7.02. The van der Waals surface area contributed by atoms with Gasteiger partial charge in [-0.3, -0.25) is 14.2 Å². The number of aromatic nitrogens is 3. The second-order valence-corrected chi connectivity index (χ2v) is 7.99. The van der Waals surface area contributed by atoms with Crippen LogP contribution in [0.15, 0.2) is 65.8 Å². The molecule has 31 heavy (non-hydrogen) atoms. The number of para-hydroxylation sites is 1. The summed E-state index contributed by atoms with van der Waals surface area (Å²) in [5, 5.41) is 12.0. The van der Waals surface area contributed by atoms with E-state index in [4.69, 9.17) is 4.74 Å². The predicted molar refractivity (Wildman–Crippen MR) is 121 cm³/mol. The van der Waals surface area contributed by atoms with Gasteiger partial charge in [0.25, 0.3) is 5.91 Å². The molecule has 0 fully saturated rings. The van der Waals surface area contributed by atoms with Crippen molar-refractivity contribution in [2.75, 3.05) is 12.4 Å². The maximum absolute atomic E-state index is 12.2. The molecule has 162 valence electrons. The minimum atomic E-state index is -0.479. The molecule has 0 saturated carbocycles. The molecule has 0 aliphatic rings. The Labute approximate surface area is 186 Å². The molecular formula is C23H26N4O3S. The first kappa shape index (κ1) is 22.6. The number of carbonyl (C=O) groups excluding carboxylic acids is 2. The molecule has 8 heteroatoms. The van der Waals surface area contributed by atoms with Crippen LogP contribution in [0.1, 0.15) is 26.7 Å². The molecule has 1 unspecified atom stereocenters. The van der Waals surface area contributed by atoms with E-state index in [0.29, 0.717) is 11.0 Å². The first-order valence-electron chi connectivity index (χ1n) is 10.2. The van der Waals surface area contributed by atoms with Gasteiger partial charge in [0.05, 0.1) is 5.75 Å². The molecule has 0 bridgehead atoms. The van der Waals surface area contributed by atoms with E-state index in [1.54, 1.807) is 0 Å². The number of carbonyl (C=O) groups is 2. The van der Waals surface area contributed by atoms with Crippen LogP contribution in [0, 0.1) is 0 Å². The van der Waals surface area contributed by atoms with Crippen molar-refractivity contribution < 1.29 is 14.3 Å². The van der Waals surface area contributed by atoms with Crippen LogP contribution in [0.25, 0.3) is 17.1 Å². The zero-order valence-corrected chi connectivity index (χ0v) is 18.5. The van der Waals surface area contributed by atoms with Gasteiger partial charge in [-0.2, -0.15) is 0 Å². The smallest absolute Gasteiger partial charge is 0.316 e. The zero-order chi connectivity index (χ0) is 22.1. The number of amides is 1. The highest BCUT2D eigenvalue weighted by Gasteiger charge is 2.18. The van der Waals surface area contributed by atoms with E-state index >= 15 is 0 Å². The molecule has 1 amide bonds. The van der Waals surface area contributed by atoms with E-state index in [1.807, 2.05) is 72.2 Å². The van der Waals surface area contributed by atoms with E-state index in [2.05, 4.69) is 22.4 Å². The summed E-state index contributed by atoms with van der Waals surface area (Å²) in [6, 6.07) is 19.5. The fourth-order valence-corrected chi connectivity index (χ4v) is 3.83. The molecule has 3 rings (SSSR count). The highest BCUT2D eigenvalue weighted by atomic mass is 32.2. The third kappa shape index (κ3) is 6.42. The van der Waals surface area contributed by atoms with Gasteiger partial charge in [0.1, 0.15) is 0 Å². The van der Waals surface area contributed by atoms with Crippen LogP contribution in [0.5, 0.6) is 0 Å². The Morgan fingerprint density at radius 3 is 2.42 bits per heavy atom. The highest BCUT2D eigenvalue weighted by Crippen LogP contribution is 2.27. The average molecular weight is 439 g/mol. The zero-order valence-electron chi connectivity index (χ0n) is 17.7. The second-order valence-electron chi connectivity index (χ2n) is 7.05. The van der Waals surface area contributed by atoms with Crippen LogP contribution in [0.4, 0.5) is 0 Å². The third-order valence-corrected chi connectivity index (χ3v) is 5.39. The van der Waals surface area contributed by atoms with Crippen LogP contribution in [0.2, 0.25) is 0 Å². The Bertz CT molecular complexity index is 993. The molecule has 0 saturated heterocycles. The Balaban J connectivity index is 1.66. The van der Waals surface area contributed by atoms with Gasteiger partial charge < -0.3 is 10.1 Å². The van der Waals surface area contributed by atoms with Gasteiger partial charge in [0.15, 0.2) is 17.6 Å². The molecular weight excluding hydrogens is 412 g/mol. The number of hydrogen-bond donors (Lipinski definition) is 1. The first-order chi connectivity index (χ1) is 15.1. The standard InChI is InChI=1S/C23H26N4O3S/c1-3-10-17(2)24-20(28)15-30-21(29)16-31-23-26-25-22(18-11-6-4-7-12-18)27(23)19-13-8-5-9-14-19/h4-9,11-14,17H,3,10,15-16H2,1-2H3,(H,24,28). The number of nitrogens with one attached hydrogen (secondary N) is 1. The fourth-order valence-electron chi connectivity index (χ4n) is 3.08. The van der Waals surface area contributed by atoms with Gasteiger partial charge in [0.2, 0.25) is 0 Å². The molecule has 3 aromatic rings. The van der Waals surface area contributed by atoms with Crippen molar-refractivity contribution in [1.82, 2.24) is 20.1 Å². The number of thioether (sulfide) groups is 1. The van der Waals surface area contributed by atoms with Crippen LogP contribution in [-0.2, 0) is 14.3 Å². The van der Waals surface area contributed by atoms with Crippen molar-refractivity contribution in [2.45, 2.75) is 37.9 Å². The van der Waals surface area contributed by atoms with Crippen LogP contribution >= 0.6 is 11.8 Å². The number of benzene rings is 2. The first-order valence-corrected chi connectivity index (χ1v) is 11.2. The Kier molecular flexibility index (Phi) is 8.23. The molecule has 0 radical (unpaired) electrons. The number of nitrogens with zero attached hydrogens (tertiary/aromatic N) is 3. The quantitative estimate of drug-likeness (QED) is 0.382. The number of hydrogen-bond acceptors (Lipinski definition) is 6. The van der Waals surface area contributed by atoms with E-state index in [0.717, 1.165) is 24.1 Å². The lowest BCUT2D eigenvalue weighted by Crippen LogP contribution is -2.35. The van der Waals surface area contributed by atoms with Crippen molar-refractivity contribution >= 4 is 23.6 Å². The molecule has 1 atom stereocenters. The van der Waals surface area contributed by atoms with Gasteiger partial charge >= 0.3 is 5.97 Å². The summed E-state index contributed by atoms with van der Waals surface area (Å²) in [6.07, 6.45) is 1.86. The lowest BCUT2D eigenvalue weighted by Gasteiger charge is -2.13. The second kappa shape index (κ2) is 11.3. The van der Waals surface area contributed by atoms with E-state index in [-0.39, 0.29) is 24.3 Å². The molecule has 7 nitrogen and oxygen atoms in total. The normalized spacial score (nSPS) is 11.7. The van der Waals surface area contributed by atoms with Crippen molar-refractivity contribution in [1.29, 1.82) is 0 Å². The van der Waals surface area contributed by atoms with Gasteiger partial charge in [-0.25, -0.2) is 0 Å². The number of ether oxygens (including phenoxy) is 1. The fraction of sp³-hybridized carbons (Fsp3) is 0.304. The van der Waals surface area contributed by atoms with Gasteiger partial charge in [-0.05, 0) is 25.5 Å². The third-order valence-electron chi connectivity index (χ3n) is 4.49. The average Bonchev–Trinajstić information content (AvgIpc) is 3.21. The van der Waals surface area contributed by atoms with Gasteiger partial charge in [-0.1, -0.05) is 73.6 Å². The van der Waals surface area contributed by atoms with E-state index in [9.17, 15) is 9.59 Å². The van der Waals surface area contributed by atoms with E-state index in [1.165, 1.54) is 11.8 Å². The van der Waals surface area contributed by atoms with Crippen molar-refractivity contribution in [2.24, 2.45) is 0 Å². The Hall–Kier alpha value is -3.13. The lowest BCUT2D eigenvalue weighted by molar-refractivity contribution is -0.146. The SMILES string of the molecule is CCCC(C)NC(=O)COC(=O)CSc1nnc(-c2ccccc2)n1-c1ccccc1. The van der Waals surface area contributed by atoms with Crippen molar-refractivity contribution in [3.63, 3.8) is 0 Å². The summed E-state index contributed by atoms with van der Waals surface area (Å²) in [5.41, 5.74) is 1.82. The topological polar surface area (TPSA) is 86.1 Å². The van der Waals surface area contributed by atoms with Crippen LogP contribution in [-0.4, -0.2) is 45.0 Å². The Morgan fingerprint density at radius 2 is 1.74 bits per heavy atom. The van der Waals surface area contributed by atoms with E-state index < -0.39 is 5.97 Å². The summed E-state index contributed by atoms with van der Waals surface area (Å²) in [4.78, 5) is 24.1. The predicted octanol–water partition coefficient (Wildman–Crippen LogP) is 3.87. The molecule has 2 aromatic carbocycles. The number of esters is 1. The minimum absolute atomic E-state index is 0.0253. The summed E-state index contributed by atoms with van der Waals surface area (Å²) in [7, 11) is 0. The molecule has 1 N–H and O–H groups in total. The molecule has 0 aliphatic carbocycles. The molecule has 0 aliphatic heterocycles.